The molecule has 0 spiro atoms. The Morgan fingerprint density at radius 1 is 1.19 bits per heavy atom. The maximum atomic E-state index is 13.2. The number of rotatable bonds is 2. The van der Waals surface area contributed by atoms with Crippen molar-refractivity contribution in [1.82, 2.24) is 19.6 Å². The molecule has 0 saturated carbocycles. The minimum Gasteiger partial charge on any atom is -0.352 e. The van der Waals surface area contributed by atoms with Gasteiger partial charge in [-0.3, -0.25) is 9.59 Å². The number of carbonyl (C=O) groups excluding carboxylic acids is 2. The van der Waals surface area contributed by atoms with Crippen molar-refractivity contribution in [2.45, 2.75) is 13.0 Å². The zero-order chi connectivity index (χ0) is 18.3. The first-order valence-electron chi connectivity index (χ1n) is 8.32. The smallest absolute Gasteiger partial charge is 0.275 e. The molecular formula is C19H17FN4O2. The van der Waals surface area contributed by atoms with Gasteiger partial charge in [-0.15, -0.1) is 0 Å². The molecule has 0 aliphatic carbocycles. The van der Waals surface area contributed by atoms with Gasteiger partial charge in [0.05, 0.1) is 0 Å². The van der Waals surface area contributed by atoms with E-state index in [2.05, 4.69) is 10.3 Å². The van der Waals surface area contributed by atoms with Gasteiger partial charge in [0.25, 0.3) is 5.91 Å². The Hall–Kier alpha value is -3.22. The first-order valence-corrected chi connectivity index (χ1v) is 8.32. The quantitative estimate of drug-likeness (QED) is 0.768. The molecular weight excluding hydrogens is 335 g/mol. The van der Waals surface area contributed by atoms with Gasteiger partial charge in [-0.25, -0.2) is 9.37 Å². The van der Waals surface area contributed by atoms with E-state index in [1.165, 1.54) is 29.2 Å². The van der Waals surface area contributed by atoms with Crippen LogP contribution in [0.1, 0.15) is 27.7 Å². The van der Waals surface area contributed by atoms with Gasteiger partial charge >= 0.3 is 0 Å². The Morgan fingerprint density at radius 3 is 2.73 bits per heavy atom. The van der Waals surface area contributed by atoms with Crippen LogP contribution in [0.4, 0.5) is 4.39 Å². The molecule has 0 radical (unpaired) electrons. The number of piperazine rings is 1. The first-order chi connectivity index (χ1) is 12.5. The van der Waals surface area contributed by atoms with Crippen molar-refractivity contribution in [1.29, 1.82) is 0 Å². The molecule has 3 aromatic rings. The molecule has 1 aliphatic heterocycles. The summed E-state index contributed by atoms with van der Waals surface area (Å²) in [4.78, 5) is 31.3. The predicted octanol–water partition coefficient (Wildman–Crippen LogP) is 2.10. The molecule has 1 N–H and O–H groups in total. The Bertz CT molecular complexity index is 996. The third kappa shape index (κ3) is 2.81. The number of hydrogen-bond donors (Lipinski definition) is 1. The molecule has 1 fully saturated rings. The van der Waals surface area contributed by atoms with Crippen molar-refractivity contribution < 1.29 is 14.0 Å². The number of imidazole rings is 1. The number of hydrogen-bond acceptors (Lipinski definition) is 3. The number of carbonyl (C=O) groups is 2. The monoisotopic (exact) mass is 352 g/mol. The van der Waals surface area contributed by atoms with Gasteiger partial charge in [0.1, 0.15) is 23.2 Å². The lowest BCUT2D eigenvalue weighted by atomic mass is 10.0. The average Bonchev–Trinajstić information content (AvgIpc) is 3.05. The largest absolute Gasteiger partial charge is 0.352 e. The maximum Gasteiger partial charge on any atom is 0.275 e. The topological polar surface area (TPSA) is 66.7 Å². The van der Waals surface area contributed by atoms with E-state index in [-0.39, 0.29) is 17.5 Å². The van der Waals surface area contributed by atoms with Crippen LogP contribution in [0.3, 0.4) is 0 Å². The average molecular weight is 352 g/mol. The van der Waals surface area contributed by atoms with Crippen molar-refractivity contribution in [3.8, 4) is 0 Å². The molecule has 1 aliphatic rings. The Morgan fingerprint density at radius 2 is 1.96 bits per heavy atom. The highest BCUT2D eigenvalue weighted by Crippen LogP contribution is 2.25. The lowest BCUT2D eigenvalue weighted by Crippen LogP contribution is -2.52. The number of nitrogens with zero attached hydrogens (tertiary/aromatic N) is 3. The van der Waals surface area contributed by atoms with Gasteiger partial charge in [-0.05, 0) is 36.2 Å². The van der Waals surface area contributed by atoms with E-state index in [0.717, 1.165) is 5.56 Å². The molecule has 2 amide bonds. The SMILES string of the molecule is Cc1ccc2nc(C(=O)N3CCNC(=O)[C@H]3c3ccc(F)cc3)cn2c1. The molecule has 6 nitrogen and oxygen atoms in total. The second kappa shape index (κ2) is 6.25. The molecule has 26 heavy (non-hydrogen) atoms. The number of aryl methyl sites for hydroxylation is 1. The van der Waals surface area contributed by atoms with Crippen LogP contribution in [-0.2, 0) is 4.79 Å². The summed E-state index contributed by atoms with van der Waals surface area (Å²) in [5.74, 6) is -0.995. The summed E-state index contributed by atoms with van der Waals surface area (Å²) < 4.78 is 15.0. The molecule has 2 aromatic heterocycles. The highest BCUT2D eigenvalue weighted by atomic mass is 19.1. The van der Waals surface area contributed by atoms with Gasteiger partial charge in [-0.2, -0.15) is 0 Å². The first kappa shape index (κ1) is 16.3. The molecule has 1 saturated heterocycles. The third-order valence-electron chi connectivity index (χ3n) is 4.48. The zero-order valence-corrected chi connectivity index (χ0v) is 14.1. The van der Waals surface area contributed by atoms with Crippen LogP contribution >= 0.6 is 0 Å². The summed E-state index contributed by atoms with van der Waals surface area (Å²) in [5, 5.41) is 2.76. The lowest BCUT2D eigenvalue weighted by molar-refractivity contribution is -0.128. The molecule has 4 rings (SSSR count). The van der Waals surface area contributed by atoms with E-state index >= 15 is 0 Å². The zero-order valence-electron chi connectivity index (χ0n) is 14.1. The van der Waals surface area contributed by atoms with E-state index in [1.54, 1.807) is 10.6 Å². The van der Waals surface area contributed by atoms with Crippen molar-refractivity contribution in [2.75, 3.05) is 13.1 Å². The molecule has 0 unspecified atom stereocenters. The van der Waals surface area contributed by atoms with Crippen LogP contribution in [0.15, 0.2) is 48.8 Å². The number of pyridine rings is 1. The minimum atomic E-state index is -0.802. The van der Waals surface area contributed by atoms with Crippen molar-refractivity contribution in [3.63, 3.8) is 0 Å². The summed E-state index contributed by atoms with van der Waals surface area (Å²) >= 11 is 0. The predicted molar refractivity (Wildman–Crippen MR) is 93.1 cm³/mol. The molecule has 1 aromatic carbocycles. The number of fused-ring (bicyclic) bond motifs is 1. The van der Waals surface area contributed by atoms with Crippen molar-refractivity contribution in [2.24, 2.45) is 0 Å². The Balaban J connectivity index is 1.71. The fourth-order valence-corrected chi connectivity index (χ4v) is 3.22. The van der Waals surface area contributed by atoms with Crippen molar-refractivity contribution in [3.05, 3.63) is 71.4 Å². The molecule has 1 atom stereocenters. The van der Waals surface area contributed by atoms with Gasteiger partial charge in [0, 0.05) is 25.5 Å². The van der Waals surface area contributed by atoms with Gasteiger partial charge in [0.15, 0.2) is 0 Å². The molecule has 3 heterocycles. The van der Waals surface area contributed by atoms with Crippen LogP contribution in [0.2, 0.25) is 0 Å². The summed E-state index contributed by atoms with van der Waals surface area (Å²) in [7, 11) is 0. The lowest BCUT2D eigenvalue weighted by Gasteiger charge is -2.34. The van der Waals surface area contributed by atoms with E-state index in [1.807, 2.05) is 25.3 Å². The van der Waals surface area contributed by atoms with Crippen LogP contribution in [0.5, 0.6) is 0 Å². The van der Waals surface area contributed by atoms with Crippen LogP contribution < -0.4 is 5.32 Å². The number of benzene rings is 1. The summed E-state index contributed by atoms with van der Waals surface area (Å²) in [6.45, 7) is 2.69. The van der Waals surface area contributed by atoms with Crippen molar-refractivity contribution >= 4 is 17.5 Å². The fraction of sp³-hybridized carbons (Fsp3) is 0.211. The van der Waals surface area contributed by atoms with Crippen LogP contribution in [0, 0.1) is 12.7 Å². The molecule has 0 bridgehead atoms. The van der Waals surface area contributed by atoms with E-state index in [9.17, 15) is 14.0 Å². The molecule has 132 valence electrons. The van der Waals surface area contributed by atoms with Gasteiger partial charge in [-0.1, -0.05) is 18.2 Å². The highest BCUT2D eigenvalue weighted by Gasteiger charge is 2.35. The van der Waals surface area contributed by atoms with Crippen LogP contribution in [0.25, 0.3) is 5.65 Å². The number of amides is 2. The molecule has 7 heteroatoms. The van der Waals surface area contributed by atoms with E-state index in [4.69, 9.17) is 0 Å². The summed E-state index contributed by atoms with van der Waals surface area (Å²) in [5.41, 5.74) is 2.56. The Labute approximate surface area is 149 Å². The van der Waals surface area contributed by atoms with Gasteiger partial charge < -0.3 is 14.6 Å². The standard InChI is InChI=1S/C19H17FN4O2/c1-12-2-7-16-22-15(11-23(16)10-12)19(26)24-9-8-21-18(25)17(24)13-3-5-14(20)6-4-13/h2-7,10-11,17H,8-9H2,1H3,(H,21,25)/t17-/m1/s1. The third-order valence-corrected chi connectivity index (χ3v) is 4.48. The highest BCUT2D eigenvalue weighted by molar-refractivity contribution is 5.97. The second-order valence-electron chi connectivity index (χ2n) is 6.34. The second-order valence-corrected chi connectivity index (χ2v) is 6.34. The number of halogens is 1. The number of nitrogens with one attached hydrogen (secondary N) is 1. The van der Waals surface area contributed by atoms with E-state index in [0.29, 0.717) is 24.3 Å². The summed E-state index contributed by atoms with van der Waals surface area (Å²) in [6, 6.07) is 8.58. The number of aromatic nitrogens is 2. The Kier molecular flexibility index (Phi) is 3.91. The normalized spacial score (nSPS) is 17.4. The fourth-order valence-electron chi connectivity index (χ4n) is 3.22. The van der Waals surface area contributed by atoms with Crippen LogP contribution in [-0.4, -0.2) is 39.2 Å². The summed E-state index contributed by atoms with van der Waals surface area (Å²) in [6.07, 6.45) is 3.55. The van der Waals surface area contributed by atoms with Gasteiger partial charge in [0.2, 0.25) is 5.91 Å². The minimum absolute atomic E-state index is 0.275. The maximum absolute atomic E-state index is 13.2. The van der Waals surface area contributed by atoms with E-state index < -0.39 is 11.9 Å².